The summed E-state index contributed by atoms with van der Waals surface area (Å²) in [6.07, 6.45) is 3.44. The van der Waals surface area contributed by atoms with Crippen molar-refractivity contribution in [3.05, 3.63) is 29.3 Å². The highest BCUT2D eigenvalue weighted by atomic mass is 16.2. The van der Waals surface area contributed by atoms with Gasteiger partial charge in [0.2, 0.25) is 11.8 Å². The van der Waals surface area contributed by atoms with Crippen LogP contribution in [0.4, 0.5) is 5.69 Å². The Morgan fingerprint density at radius 2 is 1.55 bits per heavy atom. The van der Waals surface area contributed by atoms with Gasteiger partial charge in [0.05, 0.1) is 13.1 Å². The molecule has 6 heteroatoms. The molecule has 29 heavy (non-hydrogen) atoms. The van der Waals surface area contributed by atoms with Gasteiger partial charge >= 0.3 is 0 Å². The Bertz CT molecular complexity index is 718. The average molecular weight is 401 g/mol. The van der Waals surface area contributed by atoms with E-state index in [0.29, 0.717) is 25.2 Å². The topological polar surface area (TPSA) is 55.9 Å². The smallest absolute Gasteiger partial charge is 0.238 e. The molecule has 1 N–H and O–H groups in total. The molecule has 0 spiro atoms. The molecule has 2 saturated heterocycles. The highest BCUT2D eigenvalue weighted by molar-refractivity contribution is 5.93. The van der Waals surface area contributed by atoms with Gasteiger partial charge in [0.1, 0.15) is 0 Å². The molecule has 2 unspecified atom stereocenters. The average Bonchev–Trinajstić information content (AvgIpc) is 2.67. The Labute approximate surface area is 175 Å². The molecule has 0 saturated carbocycles. The second kappa shape index (κ2) is 9.72. The van der Waals surface area contributed by atoms with E-state index in [4.69, 9.17) is 0 Å². The number of rotatable bonds is 5. The molecule has 0 aliphatic carbocycles. The van der Waals surface area contributed by atoms with Crippen LogP contribution in [-0.2, 0) is 9.59 Å². The summed E-state index contributed by atoms with van der Waals surface area (Å²) in [5.41, 5.74) is 3.19. The summed E-state index contributed by atoms with van der Waals surface area (Å²) in [7, 11) is 0. The number of anilines is 1. The normalized spacial score (nSPS) is 23.8. The number of hydrogen-bond donors (Lipinski definition) is 1. The number of likely N-dealkylation sites (tertiary alicyclic amines) is 1. The van der Waals surface area contributed by atoms with Crippen molar-refractivity contribution in [3.8, 4) is 0 Å². The fraction of sp³-hybridized carbons (Fsp3) is 0.652. The number of aryl methyl sites for hydroxylation is 1. The van der Waals surface area contributed by atoms with Crippen molar-refractivity contribution in [2.45, 2.75) is 59.0 Å². The summed E-state index contributed by atoms with van der Waals surface area (Å²) < 4.78 is 0. The molecular formula is C23H36N4O2. The SMILES string of the molecule is Cc1cccc(NC(=O)CN2CCN(CC(=O)N3C(C)CCCC3C)CC2)c1C. The number of amides is 2. The van der Waals surface area contributed by atoms with Crippen LogP contribution < -0.4 is 5.32 Å². The summed E-state index contributed by atoms with van der Waals surface area (Å²) in [4.78, 5) is 31.8. The standard InChI is InChI=1S/C23H36N4O2/c1-17-7-5-10-21(20(17)4)24-22(28)15-25-11-13-26(14-12-25)16-23(29)27-18(2)8-6-9-19(27)3/h5,7,10,18-19H,6,8-9,11-16H2,1-4H3,(H,24,28). The minimum absolute atomic E-state index is 0.0270. The van der Waals surface area contributed by atoms with Crippen LogP contribution in [0.5, 0.6) is 0 Å². The predicted octanol–water partition coefficient (Wildman–Crippen LogP) is 2.65. The first-order valence-corrected chi connectivity index (χ1v) is 11.0. The number of benzene rings is 1. The van der Waals surface area contributed by atoms with E-state index < -0.39 is 0 Å². The summed E-state index contributed by atoms with van der Waals surface area (Å²) in [5.74, 6) is 0.282. The molecule has 0 radical (unpaired) electrons. The largest absolute Gasteiger partial charge is 0.336 e. The molecule has 2 amide bonds. The predicted molar refractivity (Wildman–Crippen MR) is 117 cm³/mol. The fourth-order valence-corrected chi connectivity index (χ4v) is 4.57. The molecule has 6 nitrogen and oxygen atoms in total. The van der Waals surface area contributed by atoms with E-state index >= 15 is 0 Å². The maximum atomic E-state index is 12.8. The van der Waals surface area contributed by atoms with Crippen molar-refractivity contribution in [2.75, 3.05) is 44.6 Å². The van der Waals surface area contributed by atoms with E-state index in [2.05, 4.69) is 46.9 Å². The van der Waals surface area contributed by atoms with Gasteiger partial charge in [-0.2, -0.15) is 0 Å². The minimum Gasteiger partial charge on any atom is -0.336 e. The monoisotopic (exact) mass is 400 g/mol. The quantitative estimate of drug-likeness (QED) is 0.826. The van der Waals surface area contributed by atoms with Crippen LogP contribution in [0.1, 0.15) is 44.2 Å². The van der Waals surface area contributed by atoms with Gasteiger partial charge in [-0.3, -0.25) is 19.4 Å². The van der Waals surface area contributed by atoms with Crippen molar-refractivity contribution in [3.63, 3.8) is 0 Å². The van der Waals surface area contributed by atoms with Gasteiger partial charge in [0.15, 0.2) is 0 Å². The molecule has 160 valence electrons. The molecule has 2 aliphatic rings. The van der Waals surface area contributed by atoms with Crippen molar-refractivity contribution < 1.29 is 9.59 Å². The number of nitrogens with one attached hydrogen (secondary N) is 1. The fourth-order valence-electron chi connectivity index (χ4n) is 4.57. The Kier molecular flexibility index (Phi) is 7.30. The van der Waals surface area contributed by atoms with Crippen LogP contribution in [0.2, 0.25) is 0 Å². The van der Waals surface area contributed by atoms with Crippen LogP contribution in [0.15, 0.2) is 18.2 Å². The number of piperazine rings is 1. The zero-order valence-corrected chi connectivity index (χ0v) is 18.4. The molecular weight excluding hydrogens is 364 g/mol. The molecule has 2 aliphatic heterocycles. The molecule has 0 bridgehead atoms. The first-order valence-electron chi connectivity index (χ1n) is 11.0. The minimum atomic E-state index is 0.0270. The van der Waals surface area contributed by atoms with Crippen LogP contribution in [0, 0.1) is 13.8 Å². The third-order valence-electron chi connectivity index (χ3n) is 6.55. The van der Waals surface area contributed by atoms with E-state index in [9.17, 15) is 9.59 Å². The van der Waals surface area contributed by atoms with Crippen molar-refractivity contribution in [1.29, 1.82) is 0 Å². The number of carbonyl (C=O) groups excluding carboxylic acids is 2. The van der Waals surface area contributed by atoms with Crippen molar-refractivity contribution in [2.24, 2.45) is 0 Å². The summed E-state index contributed by atoms with van der Waals surface area (Å²) in [5, 5.41) is 3.04. The highest BCUT2D eigenvalue weighted by Crippen LogP contribution is 2.23. The summed E-state index contributed by atoms with van der Waals surface area (Å²) in [6, 6.07) is 6.67. The zero-order chi connectivity index (χ0) is 21.0. The third-order valence-corrected chi connectivity index (χ3v) is 6.55. The maximum Gasteiger partial charge on any atom is 0.238 e. The van der Waals surface area contributed by atoms with Crippen molar-refractivity contribution >= 4 is 17.5 Å². The molecule has 1 aromatic rings. The maximum absolute atomic E-state index is 12.8. The molecule has 0 aromatic heterocycles. The van der Waals surface area contributed by atoms with Gasteiger partial charge in [0.25, 0.3) is 0 Å². The molecule has 2 atom stereocenters. The van der Waals surface area contributed by atoms with Gasteiger partial charge in [-0.05, 0) is 64.2 Å². The van der Waals surface area contributed by atoms with E-state index in [0.717, 1.165) is 50.3 Å². The lowest BCUT2D eigenvalue weighted by Gasteiger charge is -2.41. The van der Waals surface area contributed by atoms with E-state index in [1.807, 2.05) is 19.1 Å². The summed E-state index contributed by atoms with van der Waals surface area (Å²) in [6.45, 7) is 12.6. The van der Waals surface area contributed by atoms with E-state index in [1.165, 1.54) is 12.0 Å². The first kappa shape index (κ1) is 21.8. The van der Waals surface area contributed by atoms with Gasteiger partial charge in [-0.1, -0.05) is 12.1 Å². The lowest BCUT2D eigenvalue weighted by molar-refractivity contribution is -0.139. The Morgan fingerprint density at radius 1 is 0.966 bits per heavy atom. The zero-order valence-electron chi connectivity index (χ0n) is 18.4. The van der Waals surface area contributed by atoms with Gasteiger partial charge in [-0.25, -0.2) is 0 Å². The Hall–Kier alpha value is -1.92. The second-order valence-electron chi connectivity index (χ2n) is 8.78. The Morgan fingerprint density at radius 3 is 2.17 bits per heavy atom. The summed E-state index contributed by atoms with van der Waals surface area (Å²) >= 11 is 0. The number of nitrogens with zero attached hydrogens (tertiary/aromatic N) is 3. The van der Waals surface area contributed by atoms with Gasteiger partial charge < -0.3 is 10.2 Å². The third kappa shape index (κ3) is 5.58. The molecule has 1 aromatic carbocycles. The highest BCUT2D eigenvalue weighted by Gasteiger charge is 2.30. The molecule has 3 rings (SSSR count). The van der Waals surface area contributed by atoms with Crippen molar-refractivity contribution in [1.82, 2.24) is 14.7 Å². The van der Waals surface area contributed by atoms with Gasteiger partial charge in [-0.15, -0.1) is 0 Å². The van der Waals surface area contributed by atoms with Crippen LogP contribution >= 0.6 is 0 Å². The number of carbonyl (C=O) groups is 2. The number of piperidine rings is 1. The van der Waals surface area contributed by atoms with Crippen LogP contribution in [-0.4, -0.2) is 77.9 Å². The number of hydrogen-bond acceptors (Lipinski definition) is 4. The van der Waals surface area contributed by atoms with E-state index in [-0.39, 0.29) is 11.8 Å². The molecule has 2 heterocycles. The second-order valence-corrected chi connectivity index (χ2v) is 8.78. The lowest BCUT2D eigenvalue weighted by atomic mass is 9.97. The van der Waals surface area contributed by atoms with Crippen LogP contribution in [0.3, 0.4) is 0 Å². The lowest BCUT2D eigenvalue weighted by Crippen LogP contribution is -2.54. The van der Waals surface area contributed by atoms with E-state index in [1.54, 1.807) is 0 Å². The Balaban J connectivity index is 1.43. The van der Waals surface area contributed by atoms with Gasteiger partial charge in [0, 0.05) is 44.0 Å². The first-order chi connectivity index (χ1) is 13.8. The van der Waals surface area contributed by atoms with Crippen LogP contribution in [0.25, 0.3) is 0 Å². The molecule has 2 fully saturated rings.